The summed E-state index contributed by atoms with van der Waals surface area (Å²) in [5.41, 5.74) is 5.37. The van der Waals surface area contributed by atoms with Gasteiger partial charge in [0, 0.05) is 6.54 Å². The first kappa shape index (κ1) is 18.8. The predicted molar refractivity (Wildman–Crippen MR) is 76.4 cm³/mol. The lowest BCUT2D eigenvalue weighted by atomic mass is 9.93. The van der Waals surface area contributed by atoms with Crippen LogP contribution in [0.15, 0.2) is 4.52 Å². The van der Waals surface area contributed by atoms with Gasteiger partial charge in [-0.05, 0) is 19.8 Å². The Morgan fingerprint density at radius 3 is 2.55 bits per heavy atom. The number of nitrogens with two attached hydrogens (primary N) is 1. The van der Waals surface area contributed by atoms with Crippen molar-refractivity contribution in [2.75, 3.05) is 13.2 Å². The van der Waals surface area contributed by atoms with Crippen molar-refractivity contribution in [3.05, 3.63) is 11.7 Å². The summed E-state index contributed by atoms with van der Waals surface area (Å²) in [5, 5.41) is 6.55. The normalized spacial score (nSPS) is 11.0. The highest BCUT2D eigenvalue weighted by Crippen LogP contribution is 2.12. The van der Waals surface area contributed by atoms with Crippen LogP contribution < -0.4 is 11.1 Å². The molecule has 1 amide bonds. The fraction of sp³-hybridized carbons (Fsp3) is 0.750. The summed E-state index contributed by atoms with van der Waals surface area (Å²) in [7, 11) is 0. The number of ether oxygens (including phenoxy) is 1. The van der Waals surface area contributed by atoms with E-state index in [0.29, 0.717) is 18.3 Å². The molecule has 1 aromatic rings. The fourth-order valence-corrected chi connectivity index (χ4v) is 1.73. The van der Waals surface area contributed by atoms with E-state index >= 15 is 0 Å². The molecule has 0 aliphatic heterocycles. The second-order valence-corrected chi connectivity index (χ2v) is 4.47. The van der Waals surface area contributed by atoms with E-state index < -0.39 is 0 Å². The number of aryl methyl sites for hydroxylation is 1. The minimum absolute atomic E-state index is 0. The van der Waals surface area contributed by atoms with Crippen LogP contribution in [-0.4, -0.2) is 34.7 Å². The number of nitrogens with zero attached hydrogens (tertiary/aromatic N) is 2. The van der Waals surface area contributed by atoms with Crippen molar-refractivity contribution in [1.82, 2.24) is 15.5 Å². The molecule has 7 nitrogen and oxygen atoms in total. The Labute approximate surface area is 125 Å². The Hall–Kier alpha value is -1.18. The highest BCUT2D eigenvalue weighted by atomic mass is 35.5. The van der Waals surface area contributed by atoms with Gasteiger partial charge in [-0.3, -0.25) is 4.79 Å². The number of nitrogens with one attached hydrogen (secondary N) is 1. The molecule has 0 atom stereocenters. The van der Waals surface area contributed by atoms with E-state index in [0.717, 1.165) is 12.8 Å². The zero-order chi connectivity index (χ0) is 14.3. The van der Waals surface area contributed by atoms with Crippen LogP contribution in [0.2, 0.25) is 0 Å². The maximum Gasteiger partial charge on any atom is 0.252 e. The minimum Gasteiger partial charge on any atom is -0.362 e. The van der Waals surface area contributed by atoms with Gasteiger partial charge in [-0.2, -0.15) is 4.98 Å². The molecular weight excluding hydrogens is 284 g/mol. The van der Waals surface area contributed by atoms with E-state index in [-0.39, 0.29) is 37.1 Å². The number of carbonyl (C=O) groups excluding carboxylic acids is 1. The van der Waals surface area contributed by atoms with Crippen LogP contribution in [0, 0.1) is 6.92 Å². The van der Waals surface area contributed by atoms with Crippen molar-refractivity contribution in [3.8, 4) is 0 Å². The van der Waals surface area contributed by atoms with Gasteiger partial charge in [-0.1, -0.05) is 19.0 Å². The molecule has 1 rings (SSSR count). The SMILES string of the molecule is CCC(CC)(CN)NC(=O)COCc1nc(C)no1.Cl. The van der Waals surface area contributed by atoms with Crippen molar-refractivity contribution in [2.45, 2.75) is 45.8 Å². The summed E-state index contributed by atoms with van der Waals surface area (Å²) in [4.78, 5) is 15.7. The highest BCUT2D eigenvalue weighted by Gasteiger charge is 2.26. The lowest BCUT2D eigenvalue weighted by Gasteiger charge is -2.31. The average molecular weight is 307 g/mol. The van der Waals surface area contributed by atoms with Gasteiger partial charge in [-0.25, -0.2) is 0 Å². The number of aromatic nitrogens is 2. The third-order valence-electron chi connectivity index (χ3n) is 3.18. The van der Waals surface area contributed by atoms with Crippen molar-refractivity contribution in [1.29, 1.82) is 0 Å². The van der Waals surface area contributed by atoms with Gasteiger partial charge in [0.1, 0.15) is 13.2 Å². The number of amides is 1. The second-order valence-electron chi connectivity index (χ2n) is 4.47. The number of rotatable bonds is 8. The van der Waals surface area contributed by atoms with Crippen LogP contribution in [0.25, 0.3) is 0 Å². The van der Waals surface area contributed by atoms with Crippen molar-refractivity contribution in [3.63, 3.8) is 0 Å². The fourth-order valence-electron chi connectivity index (χ4n) is 1.73. The van der Waals surface area contributed by atoms with Gasteiger partial charge in [0.05, 0.1) is 5.54 Å². The first-order valence-electron chi connectivity index (χ1n) is 6.43. The molecule has 0 aliphatic rings. The summed E-state index contributed by atoms with van der Waals surface area (Å²) < 4.78 is 10.1. The van der Waals surface area contributed by atoms with Gasteiger partial charge >= 0.3 is 0 Å². The van der Waals surface area contributed by atoms with Crippen LogP contribution in [0.3, 0.4) is 0 Å². The van der Waals surface area contributed by atoms with E-state index in [1.807, 2.05) is 13.8 Å². The molecule has 0 bridgehead atoms. The third kappa shape index (κ3) is 5.44. The molecule has 1 aromatic heterocycles. The second kappa shape index (κ2) is 8.89. The Morgan fingerprint density at radius 2 is 2.10 bits per heavy atom. The summed E-state index contributed by atoms with van der Waals surface area (Å²) in [5.74, 6) is 0.717. The molecule has 0 spiro atoms. The molecule has 8 heteroatoms. The van der Waals surface area contributed by atoms with Gasteiger partial charge in [-0.15, -0.1) is 12.4 Å². The standard InChI is InChI=1S/C12H22N4O3.ClH/c1-4-12(5-2,8-13)15-10(17)6-18-7-11-14-9(3)16-19-11;/h4-8,13H2,1-3H3,(H,15,17);1H. The Kier molecular flexibility index (Phi) is 8.36. The van der Waals surface area contributed by atoms with E-state index in [1.54, 1.807) is 6.92 Å². The molecule has 0 aliphatic carbocycles. The summed E-state index contributed by atoms with van der Waals surface area (Å²) in [6.07, 6.45) is 1.57. The molecule has 0 radical (unpaired) electrons. The number of hydrogen-bond acceptors (Lipinski definition) is 6. The number of halogens is 1. The Balaban J connectivity index is 0.00000361. The molecule has 0 saturated heterocycles. The Bertz CT molecular complexity index is 399. The topological polar surface area (TPSA) is 103 Å². The van der Waals surface area contributed by atoms with Crippen molar-refractivity contribution < 1.29 is 14.1 Å². The van der Waals surface area contributed by atoms with Crippen LogP contribution in [-0.2, 0) is 16.1 Å². The first-order chi connectivity index (χ1) is 9.05. The zero-order valence-corrected chi connectivity index (χ0v) is 13.0. The quantitative estimate of drug-likeness (QED) is 0.741. The molecule has 3 N–H and O–H groups in total. The van der Waals surface area contributed by atoms with Crippen LogP contribution in [0.1, 0.15) is 38.4 Å². The monoisotopic (exact) mass is 306 g/mol. The molecule has 0 unspecified atom stereocenters. The minimum atomic E-state index is -0.346. The molecule has 20 heavy (non-hydrogen) atoms. The number of carbonyl (C=O) groups is 1. The maximum atomic E-state index is 11.8. The number of hydrogen-bond donors (Lipinski definition) is 2. The molecule has 1 heterocycles. The third-order valence-corrected chi connectivity index (χ3v) is 3.18. The summed E-state index contributed by atoms with van der Waals surface area (Å²) in [6, 6.07) is 0. The molecular formula is C12H23ClN4O3. The molecule has 0 aromatic carbocycles. The van der Waals surface area contributed by atoms with E-state index in [4.69, 9.17) is 15.0 Å². The van der Waals surface area contributed by atoms with Crippen molar-refractivity contribution in [2.24, 2.45) is 5.73 Å². The predicted octanol–water partition coefficient (Wildman–Crippen LogP) is 0.950. The van der Waals surface area contributed by atoms with Crippen LogP contribution in [0.5, 0.6) is 0 Å². The largest absolute Gasteiger partial charge is 0.362 e. The average Bonchev–Trinajstić information content (AvgIpc) is 2.82. The summed E-state index contributed by atoms with van der Waals surface area (Å²) in [6.45, 7) is 6.20. The first-order valence-corrected chi connectivity index (χ1v) is 6.43. The van der Waals surface area contributed by atoms with E-state index in [2.05, 4.69) is 15.5 Å². The van der Waals surface area contributed by atoms with Gasteiger partial charge in [0.2, 0.25) is 5.91 Å². The van der Waals surface area contributed by atoms with Gasteiger partial charge in [0.15, 0.2) is 5.82 Å². The molecule has 116 valence electrons. The van der Waals surface area contributed by atoms with Crippen LogP contribution >= 0.6 is 12.4 Å². The van der Waals surface area contributed by atoms with E-state index in [9.17, 15) is 4.79 Å². The lowest BCUT2D eigenvalue weighted by molar-refractivity contribution is -0.128. The molecule has 0 saturated carbocycles. The highest BCUT2D eigenvalue weighted by molar-refractivity contribution is 5.85. The van der Waals surface area contributed by atoms with E-state index in [1.165, 1.54) is 0 Å². The van der Waals surface area contributed by atoms with Gasteiger partial charge < -0.3 is 20.3 Å². The maximum absolute atomic E-state index is 11.8. The summed E-state index contributed by atoms with van der Waals surface area (Å²) >= 11 is 0. The zero-order valence-electron chi connectivity index (χ0n) is 12.1. The van der Waals surface area contributed by atoms with Gasteiger partial charge in [0.25, 0.3) is 5.89 Å². The van der Waals surface area contributed by atoms with Crippen LogP contribution in [0.4, 0.5) is 0 Å². The lowest BCUT2D eigenvalue weighted by Crippen LogP contribution is -2.53. The van der Waals surface area contributed by atoms with Crippen molar-refractivity contribution >= 4 is 18.3 Å². The molecule has 0 fully saturated rings. The Morgan fingerprint density at radius 1 is 1.45 bits per heavy atom. The smallest absolute Gasteiger partial charge is 0.252 e.